The van der Waals surface area contributed by atoms with E-state index in [1.54, 1.807) is 11.9 Å². The van der Waals surface area contributed by atoms with Gasteiger partial charge in [-0.05, 0) is 18.4 Å². The van der Waals surface area contributed by atoms with Crippen LogP contribution in [0.2, 0.25) is 0 Å². The summed E-state index contributed by atoms with van der Waals surface area (Å²) in [5, 5.41) is 12.7. The van der Waals surface area contributed by atoms with E-state index >= 15 is 0 Å². The Labute approximate surface area is 153 Å². The molecule has 0 unspecified atom stereocenters. The number of aliphatic hydroxyl groups excluding tert-OH is 1. The van der Waals surface area contributed by atoms with Crippen LogP contribution in [0.1, 0.15) is 24.4 Å². The van der Waals surface area contributed by atoms with E-state index in [-0.39, 0.29) is 30.4 Å². The third-order valence-corrected chi connectivity index (χ3v) is 5.25. The number of likely N-dealkylation sites (N-methyl/N-ethyl adjacent to an activating group) is 1. The molecule has 26 heavy (non-hydrogen) atoms. The van der Waals surface area contributed by atoms with Crippen LogP contribution >= 0.6 is 0 Å². The summed E-state index contributed by atoms with van der Waals surface area (Å²) in [4.78, 5) is 26.5. The summed E-state index contributed by atoms with van der Waals surface area (Å²) in [6.45, 7) is 1.49. The van der Waals surface area contributed by atoms with Crippen molar-refractivity contribution in [3.63, 3.8) is 0 Å². The minimum absolute atomic E-state index is 0.0123. The number of nitrogens with one attached hydrogen (secondary N) is 1. The van der Waals surface area contributed by atoms with Gasteiger partial charge in [-0.15, -0.1) is 0 Å². The molecular weight excluding hydrogens is 336 g/mol. The van der Waals surface area contributed by atoms with Gasteiger partial charge < -0.3 is 24.8 Å². The van der Waals surface area contributed by atoms with Crippen LogP contribution in [0.3, 0.4) is 0 Å². The van der Waals surface area contributed by atoms with Crippen LogP contribution in [0.5, 0.6) is 0 Å². The number of morpholine rings is 1. The van der Waals surface area contributed by atoms with Gasteiger partial charge in [0.1, 0.15) is 6.61 Å². The molecule has 2 heterocycles. The minimum Gasteiger partial charge on any atom is -0.396 e. The number of carbonyl (C=O) groups excluding carboxylic acids is 2. The van der Waals surface area contributed by atoms with E-state index in [2.05, 4.69) is 5.32 Å². The molecule has 0 radical (unpaired) electrons. The maximum Gasteiger partial charge on any atom is 0.254 e. The van der Waals surface area contributed by atoms with Crippen LogP contribution < -0.4 is 5.32 Å². The molecule has 142 valence electrons. The van der Waals surface area contributed by atoms with Crippen molar-refractivity contribution >= 4 is 11.8 Å². The fourth-order valence-corrected chi connectivity index (χ4v) is 3.65. The summed E-state index contributed by atoms with van der Waals surface area (Å²) < 4.78 is 11.0. The first-order valence-electron chi connectivity index (χ1n) is 8.94. The lowest BCUT2D eigenvalue weighted by molar-refractivity contribution is -0.156. The Morgan fingerprint density at radius 2 is 2.00 bits per heavy atom. The van der Waals surface area contributed by atoms with Crippen molar-refractivity contribution in [2.45, 2.75) is 25.0 Å². The Hall–Kier alpha value is -1.96. The number of aliphatic hydroxyl groups is 1. The molecule has 2 fully saturated rings. The number of rotatable bonds is 5. The third kappa shape index (κ3) is 4.06. The molecule has 0 spiro atoms. The number of benzene rings is 1. The van der Waals surface area contributed by atoms with Crippen LogP contribution in [0, 0.1) is 5.41 Å². The predicted molar refractivity (Wildman–Crippen MR) is 94.3 cm³/mol. The summed E-state index contributed by atoms with van der Waals surface area (Å²) in [5.41, 5.74) is 0.484. The number of amides is 2. The second kappa shape index (κ2) is 8.16. The van der Waals surface area contributed by atoms with Gasteiger partial charge in [0.05, 0.1) is 12.6 Å². The van der Waals surface area contributed by atoms with E-state index < -0.39 is 12.1 Å². The fourth-order valence-electron chi connectivity index (χ4n) is 3.65. The maximum atomic E-state index is 13.1. The first-order chi connectivity index (χ1) is 12.5. The first kappa shape index (κ1) is 18.8. The van der Waals surface area contributed by atoms with Crippen molar-refractivity contribution in [3.8, 4) is 0 Å². The van der Waals surface area contributed by atoms with Gasteiger partial charge in [-0.1, -0.05) is 30.3 Å². The van der Waals surface area contributed by atoms with E-state index in [4.69, 9.17) is 9.47 Å². The van der Waals surface area contributed by atoms with E-state index in [9.17, 15) is 14.7 Å². The molecule has 2 aliphatic rings. The molecule has 0 bridgehead atoms. The zero-order valence-corrected chi connectivity index (χ0v) is 15.0. The summed E-state index contributed by atoms with van der Waals surface area (Å²) in [6.07, 6.45) is 0.646. The molecule has 1 aromatic carbocycles. The highest BCUT2D eigenvalue weighted by molar-refractivity contribution is 5.86. The average molecular weight is 362 g/mol. The lowest BCUT2D eigenvalue weighted by Gasteiger charge is -2.40. The van der Waals surface area contributed by atoms with Gasteiger partial charge in [-0.2, -0.15) is 0 Å². The molecule has 3 rings (SSSR count). The minimum atomic E-state index is -0.782. The van der Waals surface area contributed by atoms with E-state index in [1.807, 2.05) is 30.3 Å². The molecule has 2 atom stereocenters. The lowest BCUT2D eigenvalue weighted by Crippen LogP contribution is -2.54. The number of carbonyl (C=O) groups is 2. The number of hydrogen-bond donors (Lipinski definition) is 2. The van der Waals surface area contributed by atoms with Gasteiger partial charge in [-0.25, -0.2) is 0 Å². The van der Waals surface area contributed by atoms with Crippen molar-refractivity contribution in [1.82, 2.24) is 10.2 Å². The van der Waals surface area contributed by atoms with Crippen LogP contribution in [-0.2, 0) is 19.1 Å². The molecule has 2 N–H and O–H groups in total. The molecule has 2 saturated heterocycles. The fraction of sp³-hybridized carbons (Fsp3) is 0.579. The zero-order chi connectivity index (χ0) is 18.6. The molecule has 1 aromatic rings. The number of nitrogens with zero attached hydrogens (tertiary/aromatic N) is 1. The first-order valence-corrected chi connectivity index (χ1v) is 8.94. The Kier molecular flexibility index (Phi) is 5.90. The van der Waals surface area contributed by atoms with E-state index in [0.717, 1.165) is 5.56 Å². The third-order valence-electron chi connectivity index (χ3n) is 5.25. The second-order valence-corrected chi connectivity index (χ2v) is 7.15. The quantitative estimate of drug-likeness (QED) is 0.796. The molecule has 2 amide bonds. The van der Waals surface area contributed by atoms with Crippen LogP contribution in [0.25, 0.3) is 0 Å². The van der Waals surface area contributed by atoms with Crippen molar-refractivity contribution < 1.29 is 24.2 Å². The van der Waals surface area contributed by atoms with Gasteiger partial charge in [0.2, 0.25) is 5.91 Å². The molecule has 0 saturated carbocycles. The highest BCUT2D eigenvalue weighted by Gasteiger charge is 2.40. The SMILES string of the molecule is CN(CC1(CO)CCOCC1)C(=O)[C@H]1OCC(=O)N[C@@H]1c1ccccc1. The maximum absolute atomic E-state index is 13.1. The summed E-state index contributed by atoms with van der Waals surface area (Å²) in [5.74, 6) is -0.431. The molecule has 0 aromatic heterocycles. The van der Waals surface area contributed by atoms with Gasteiger partial charge in [0.25, 0.3) is 5.91 Å². The van der Waals surface area contributed by atoms with Crippen molar-refractivity contribution in [3.05, 3.63) is 35.9 Å². The Morgan fingerprint density at radius 3 is 2.65 bits per heavy atom. The molecule has 2 aliphatic heterocycles. The Balaban J connectivity index is 1.74. The summed E-state index contributed by atoms with van der Waals surface area (Å²) in [6, 6.07) is 8.83. The van der Waals surface area contributed by atoms with E-state index in [1.165, 1.54) is 0 Å². The van der Waals surface area contributed by atoms with Crippen LogP contribution in [-0.4, -0.2) is 67.9 Å². The van der Waals surface area contributed by atoms with Crippen molar-refractivity contribution in [1.29, 1.82) is 0 Å². The predicted octanol–water partition coefficient (Wildman–Crippen LogP) is 0.490. The van der Waals surface area contributed by atoms with Gasteiger partial charge in [0.15, 0.2) is 6.10 Å². The molecule has 7 nitrogen and oxygen atoms in total. The average Bonchev–Trinajstić information content (AvgIpc) is 2.68. The van der Waals surface area contributed by atoms with Crippen molar-refractivity contribution in [2.75, 3.05) is 40.0 Å². The molecule has 7 heteroatoms. The lowest BCUT2D eigenvalue weighted by atomic mass is 9.80. The molecular formula is C19H26N2O5. The Bertz CT molecular complexity index is 630. The monoisotopic (exact) mass is 362 g/mol. The highest BCUT2D eigenvalue weighted by atomic mass is 16.5. The smallest absolute Gasteiger partial charge is 0.254 e. The number of hydrogen-bond acceptors (Lipinski definition) is 5. The van der Waals surface area contributed by atoms with E-state index in [0.29, 0.717) is 32.6 Å². The summed E-state index contributed by atoms with van der Waals surface area (Å²) >= 11 is 0. The summed E-state index contributed by atoms with van der Waals surface area (Å²) in [7, 11) is 1.72. The molecule has 0 aliphatic carbocycles. The van der Waals surface area contributed by atoms with Crippen LogP contribution in [0.4, 0.5) is 0 Å². The number of ether oxygens (including phenoxy) is 2. The van der Waals surface area contributed by atoms with Crippen LogP contribution in [0.15, 0.2) is 30.3 Å². The van der Waals surface area contributed by atoms with Crippen molar-refractivity contribution in [2.24, 2.45) is 5.41 Å². The van der Waals surface area contributed by atoms with Gasteiger partial charge in [0, 0.05) is 32.2 Å². The standard InChI is InChI=1S/C19H26N2O5/c1-21(12-19(13-22)7-9-25-10-8-19)18(24)17-16(20-15(23)11-26-17)14-5-3-2-4-6-14/h2-6,16-17,22H,7-13H2,1H3,(H,20,23)/t16-,17+/m1/s1. The van der Waals surface area contributed by atoms with Gasteiger partial charge >= 0.3 is 0 Å². The Morgan fingerprint density at radius 1 is 1.31 bits per heavy atom. The highest BCUT2D eigenvalue weighted by Crippen LogP contribution is 2.32. The van der Waals surface area contributed by atoms with Gasteiger partial charge in [-0.3, -0.25) is 9.59 Å². The second-order valence-electron chi connectivity index (χ2n) is 7.15. The largest absolute Gasteiger partial charge is 0.396 e. The topological polar surface area (TPSA) is 88.1 Å². The normalized spacial score (nSPS) is 25.4. The zero-order valence-electron chi connectivity index (χ0n) is 15.0.